The number of amides is 1. The van der Waals surface area contributed by atoms with Crippen LogP contribution in [0, 0.1) is 6.92 Å². The van der Waals surface area contributed by atoms with Crippen molar-refractivity contribution >= 4 is 11.6 Å². The van der Waals surface area contributed by atoms with Gasteiger partial charge in [0.05, 0.1) is 11.2 Å². The number of phenols is 1. The van der Waals surface area contributed by atoms with Crippen molar-refractivity contribution in [3.63, 3.8) is 0 Å². The van der Waals surface area contributed by atoms with Crippen LogP contribution in [0.2, 0.25) is 0 Å². The maximum absolute atomic E-state index is 11.9. The van der Waals surface area contributed by atoms with E-state index in [1.807, 2.05) is 19.9 Å². The zero-order valence-corrected chi connectivity index (χ0v) is 10.6. The molecule has 0 aliphatic carbocycles. The minimum absolute atomic E-state index is 0.0608. The van der Waals surface area contributed by atoms with Crippen molar-refractivity contribution in [1.29, 1.82) is 0 Å². The molecule has 1 unspecified atom stereocenters. The minimum atomic E-state index is -0.911. The maximum Gasteiger partial charge on any atom is 0.244 e. The van der Waals surface area contributed by atoms with Gasteiger partial charge in [0.25, 0.3) is 0 Å². The predicted octanol–water partition coefficient (Wildman–Crippen LogP) is 2.16. The van der Waals surface area contributed by atoms with E-state index in [0.29, 0.717) is 12.1 Å². The molecule has 0 saturated carbocycles. The van der Waals surface area contributed by atoms with Gasteiger partial charge in [-0.1, -0.05) is 19.4 Å². The van der Waals surface area contributed by atoms with Crippen LogP contribution in [-0.2, 0) is 4.79 Å². The highest BCUT2D eigenvalue weighted by Crippen LogP contribution is 2.25. The van der Waals surface area contributed by atoms with Crippen LogP contribution in [0.15, 0.2) is 18.2 Å². The molecule has 1 rings (SSSR count). The molecule has 4 N–H and O–H groups in total. The zero-order chi connectivity index (χ0) is 13.1. The third kappa shape index (κ3) is 3.46. The number of rotatable bonds is 4. The molecule has 0 saturated heterocycles. The van der Waals surface area contributed by atoms with E-state index < -0.39 is 5.54 Å². The van der Waals surface area contributed by atoms with E-state index in [-0.39, 0.29) is 11.7 Å². The summed E-state index contributed by atoms with van der Waals surface area (Å²) in [6.45, 7) is 5.54. The minimum Gasteiger partial charge on any atom is -0.506 e. The number of phenolic OH excluding ortho intramolecular Hbond substituents is 1. The summed E-state index contributed by atoms with van der Waals surface area (Å²) in [5.74, 6) is -0.218. The summed E-state index contributed by atoms with van der Waals surface area (Å²) in [6.07, 6.45) is 1.44. The Morgan fingerprint density at radius 2 is 2.18 bits per heavy atom. The van der Waals surface area contributed by atoms with Crippen LogP contribution >= 0.6 is 0 Å². The van der Waals surface area contributed by atoms with E-state index in [2.05, 4.69) is 5.32 Å². The fourth-order valence-electron chi connectivity index (χ4n) is 1.65. The molecule has 0 fully saturated rings. The van der Waals surface area contributed by atoms with Gasteiger partial charge in [0.1, 0.15) is 5.75 Å². The van der Waals surface area contributed by atoms with Crippen LogP contribution < -0.4 is 11.1 Å². The van der Waals surface area contributed by atoms with Crippen LogP contribution in [0.25, 0.3) is 0 Å². The Morgan fingerprint density at radius 1 is 1.53 bits per heavy atom. The Labute approximate surface area is 102 Å². The van der Waals surface area contributed by atoms with Crippen molar-refractivity contribution in [1.82, 2.24) is 0 Å². The molecule has 0 aliphatic heterocycles. The van der Waals surface area contributed by atoms with Gasteiger partial charge in [0.2, 0.25) is 5.91 Å². The molecule has 1 amide bonds. The highest BCUT2D eigenvalue weighted by molar-refractivity contribution is 5.98. The quantitative estimate of drug-likeness (QED) is 0.701. The topological polar surface area (TPSA) is 75.4 Å². The summed E-state index contributed by atoms with van der Waals surface area (Å²) >= 11 is 0. The van der Waals surface area contributed by atoms with Gasteiger partial charge < -0.3 is 16.2 Å². The summed E-state index contributed by atoms with van der Waals surface area (Å²) in [5, 5.41) is 12.3. The average molecular weight is 236 g/mol. The lowest BCUT2D eigenvalue weighted by Gasteiger charge is -2.23. The van der Waals surface area contributed by atoms with Gasteiger partial charge in [0, 0.05) is 0 Å². The third-order valence-electron chi connectivity index (χ3n) is 2.69. The lowest BCUT2D eigenvalue weighted by Crippen LogP contribution is -2.48. The lowest BCUT2D eigenvalue weighted by molar-refractivity contribution is -0.120. The first kappa shape index (κ1) is 13.5. The molecule has 0 aliphatic rings. The first-order valence-corrected chi connectivity index (χ1v) is 5.77. The van der Waals surface area contributed by atoms with Gasteiger partial charge in [0.15, 0.2) is 0 Å². The number of aromatic hydroxyl groups is 1. The standard InChI is InChI=1S/C13H20N2O2/c1-4-7-13(3,14)12(17)15-10-6-5-9(2)8-11(10)16/h5-6,8,16H,4,7,14H2,1-3H3,(H,15,17). The van der Waals surface area contributed by atoms with E-state index in [9.17, 15) is 9.90 Å². The molecule has 0 aromatic heterocycles. The van der Waals surface area contributed by atoms with Crippen LogP contribution in [0.1, 0.15) is 32.3 Å². The molecule has 1 aromatic rings. The molecular weight excluding hydrogens is 216 g/mol. The van der Waals surface area contributed by atoms with Crippen LogP contribution in [-0.4, -0.2) is 16.6 Å². The van der Waals surface area contributed by atoms with Crippen LogP contribution in [0.5, 0.6) is 5.75 Å². The monoisotopic (exact) mass is 236 g/mol. The van der Waals surface area contributed by atoms with Gasteiger partial charge in [-0.05, 0) is 38.0 Å². The first-order valence-electron chi connectivity index (χ1n) is 5.77. The number of aryl methyl sites for hydroxylation is 1. The smallest absolute Gasteiger partial charge is 0.244 e. The van der Waals surface area contributed by atoms with Gasteiger partial charge in [-0.3, -0.25) is 4.79 Å². The number of benzene rings is 1. The fourth-order valence-corrected chi connectivity index (χ4v) is 1.65. The SMILES string of the molecule is CCCC(C)(N)C(=O)Nc1ccc(C)cc1O. The van der Waals surface area contributed by atoms with E-state index >= 15 is 0 Å². The number of nitrogens with one attached hydrogen (secondary N) is 1. The highest BCUT2D eigenvalue weighted by atomic mass is 16.3. The number of hydrogen-bond acceptors (Lipinski definition) is 3. The average Bonchev–Trinajstić information content (AvgIpc) is 2.22. The predicted molar refractivity (Wildman–Crippen MR) is 69.0 cm³/mol. The molecule has 0 heterocycles. The number of carbonyl (C=O) groups excluding carboxylic acids is 1. The molecule has 0 bridgehead atoms. The molecule has 94 valence electrons. The molecular formula is C13H20N2O2. The zero-order valence-electron chi connectivity index (χ0n) is 10.6. The first-order chi connectivity index (χ1) is 7.86. The second-order valence-corrected chi connectivity index (χ2v) is 4.64. The normalized spacial score (nSPS) is 14.1. The molecule has 1 aromatic carbocycles. The van der Waals surface area contributed by atoms with Crippen molar-refractivity contribution in [3.05, 3.63) is 23.8 Å². The molecule has 4 nitrogen and oxygen atoms in total. The van der Waals surface area contributed by atoms with Crippen molar-refractivity contribution < 1.29 is 9.90 Å². The maximum atomic E-state index is 11.9. The van der Waals surface area contributed by atoms with Crippen molar-refractivity contribution in [3.8, 4) is 5.75 Å². The molecule has 17 heavy (non-hydrogen) atoms. The Balaban J connectivity index is 2.81. The van der Waals surface area contributed by atoms with E-state index in [0.717, 1.165) is 12.0 Å². The third-order valence-corrected chi connectivity index (χ3v) is 2.69. The Bertz CT molecular complexity index is 414. The summed E-state index contributed by atoms with van der Waals surface area (Å²) < 4.78 is 0. The van der Waals surface area contributed by atoms with Crippen LogP contribution in [0.4, 0.5) is 5.69 Å². The van der Waals surface area contributed by atoms with E-state index in [1.54, 1.807) is 19.1 Å². The van der Waals surface area contributed by atoms with Gasteiger partial charge in [-0.2, -0.15) is 0 Å². The number of carbonyl (C=O) groups is 1. The van der Waals surface area contributed by atoms with Gasteiger partial charge >= 0.3 is 0 Å². The summed E-state index contributed by atoms with van der Waals surface area (Å²) in [7, 11) is 0. The van der Waals surface area contributed by atoms with Crippen molar-refractivity contribution in [2.24, 2.45) is 5.73 Å². The Morgan fingerprint density at radius 3 is 2.71 bits per heavy atom. The van der Waals surface area contributed by atoms with Crippen LogP contribution in [0.3, 0.4) is 0 Å². The number of hydrogen-bond donors (Lipinski definition) is 3. The summed E-state index contributed by atoms with van der Waals surface area (Å²) in [4.78, 5) is 11.9. The molecule has 4 heteroatoms. The number of nitrogens with two attached hydrogens (primary N) is 1. The van der Waals surface area contributed by atoms with Crippen molar-refractivity contribution in [2.75, 3.05) is 5.32 Å². The van der Waals surface area contributed by atoms with Gasteiger partial charge in [-0.25, -0.2) is 0 Å². The second-order valence-electron chi connectivity index (χ2n) is 4.64. The van der Waals surface area contributed by atoms with E-state index in [1.165, 1.54) is 0 Å². The van der Waals surface area contributed by atoms with Gasteiger partial charge in [-0.15, -0.1) is 0 Å². The number of anilines is 1. The Hall–Kier alpha value is -1.55. The fraction of sp³-hybridized carbons (Fsp3) is 0.462. The Kier molecular flexibility index (Phi) is 4.12. The molecule has 0 spiro atoms. The second kappa shape index (κ2) is 5.19. The molecule has 1 atom stereocenters. The molecule has 0 radical (unpaired) electrons. The largest absolute Gasteiger partial charge is 0.506 e. The van der Waals surface area contributed by atoms with Crippen molar-refractivity contribution in [2.45, 2.75) is 39.2 Å². The lowest BCUT2D eigenvalue weighted by atomic mass is 9.96. The summed E-state index contributed by atoms with van der Waals surface area (Å²) in [6, 6.07) is 5.09. The highest BCUT2D eigenvalue weighted by Gasteiger charge is 2.27. The summed E-state index contributed by atoms with van der Waals surface area (Å²) in [5.41, 5.74) is 6.33. The van der Waals surface area contributed by atoms with E-state index in [4.69, 9.17) is 5.73 Å².